The molecule has 0 aliphatic carbocycles. The van der Waals surface area contributed by atoms with Crippen LogP contribution >= 0.6 is 0 Å². The molecule has 0 radical (unpaired) electrons. The second-order valence-corrected chi connectivity index (χ2v) is 16.6. The summed E-state index contributed by atoms with van der Waals surface area (Å²) in [6.07, 6.45) is 7.13. The number of nitrogens with one attached hydrogen (secondary N) is 2. The van der Waals surface area contributed by atoms with Crippen LogP contribution in [0.5, 0.6) is 0 Å². The van der Waals surface area contributed by atoms with Crippen LogP contribution in [0.3, 0.4) is 0 Å². The number of nitrogens with zero attached hydrogens (tertiary/aromatic N) is 7. The maximum atomic E-state index is 13.6. The van der Waals surface area contributed by atoms with Gasteiger partial charge in [-0.3, -0.25) is 38.8 Å². The minimum absolute atomic E-state index is 0.00339. The van der Waals surface area contributed by atoms with E-state index in [1.54, 1.807) is 42.3 Å². The summed E-state index contributed by atoms with van der Waals surface area (Å²) < 4.78 is 7.98. The molecule has 16 nitrogen and oxygen atoms in total. The first kappa shape index (κ1) is 41.5. The molecule has 63 heavy (non-hydrogen) atoms. The Morgan fingerprint density at radius 2 is 1.67 bits per heavy atom. The van der Waals surface area contributed by atoms with Gasteiger partial charge in [0, 0.05) is 106 Å². The van der Waals surface area contributed by atoms with Gasteiger partial charge in [-0.1, -0.05) is 24.3 Å². The highest BCUT2D eigenvalue weighted by atomic mass is 16.5. The van der Waals surface area contributed by atoms with Gasteiger partial charge in [-0.25, -0.2) is 4.98 Å². The predicted molar refractivity (Wildman–Crippen MR) is 233 cm³/mol. The van der Waals surface area contributed by atoms with Gasteiger partial charge in [0.25, 0.3) is 17.7 Å². The average Bonchev–Trinajstić information content (AvgIpc) is 3.83. The number of imide groups is 1. The Hall–Kier alpha value is -6.81. The standard InChI is InChI=1S/C47H49N9O7/c1-28(58)54-19-20-55-40(26-54)43(52-44(55)29-15-21-63-22-16-29)34-6-3-5-30-23-39(50-25-36(30)34)31-9-11-38(49-24-31)46(61)53-17-13-32(14-18-53)51-37-8-4-7-35-42(37)47(62)56(45(35)60)33(27-57)10-12-41(59)48-2/h3-9,11,23-25,27,29,32-33,51H,10,12-22,26H2,1-2H3,(H,48,59). The largest absolute Gasteiger partial charge is 0.382 e. The van der Waals surface area contributed by atoms with Crippen molar-refractivity contribution in [1.82, 2.24) is 39.5 Å². The number of carbonyl (C=O) groups is 6. The summed E-state index contributed by atoms with van der Waals surface area (Å²) >= 11 is 0. The molecule has 7 heterocycles. The van der Waals surface area contributed by atoms with Crippen LogP contribution in [-0.2, 0) is 32.2 Å². The summed E-state index contributed by atoms with van der Waals surface area (Å²) in [7, 11) is 1.48. The first-order valence-electron chi connectivity index (χ1n) is 21.6. The molecule has 324 valence electrons. The Labute approximate surface area is 364 Å². The van der Waals surface area contributed by atoms with Crippen molar-refractivity contribution in [3.05, 3.63) is 95.3 Å². The van der Waals surface area contributed by atoms with Crippen LogP contribution < -0.4 is 10.6 Å². The van der Waals surface area contributed by atoms with Crippen LogP contribution in [0.2, 0.25) is 0 Å². The molecule has 3 aromatic heterocycles. The van der Waals surface area contributed by atoms with E-state index in [0.29, 0.717) is 82.4 Å². The molecule has 2 aromatic carbocycles. The van der Waals surface area contributed by atoms with Crippen molar-refractivity contribution in [2.24, 2.45) is 0 Å². The van der Waals surface area contributed by atoms with E-state index in [0.717, 1.165) is 62.5 Å². The minimum atomic E-state index is -1.06. The molecule has 4 aliphatic heterocycles. The lowest BCUT2D eigenvalue weighted by molar-refractivity contribution is -0.130. The first-order chi connectivity index (χ1) is 30.6. The highest BCUT2D eigenvalue weighted by Gasteiger charge is 2.42. The van der Waals surface area contributed by atoms with Crippen LogP contribution in [0, 0.1) is 0 Å². The highest BCUT2D eigenvalue weighted by Crippen LogP contribution is 2.38. The van der Waals surface area contributed by atoms with E-state index in [1.165, 1.54) is 7.05 Å². The number of anilines is 1. The highest BCUT2D eigenvalue weighted by molar-refractivity contribution is 6.24. The van der Waals surface area contributed by atoms with Crippen LogP contribution in [0.15, 0.2) is 67.0 Å². The van der Waals surface area contributed by atoms with Crippen LogP contribution in [0.1, 0.15) is 94.1 Å². The lowest BCUT2D eigenvalue weighted by Gasteiger charge is -2.33. The van der Waals surface area contributed by atoms with Crippen molar-refractivity contribution in [3.8, 4) is 22.5 Å². The number of amides is 5. The fourth-order valence-electron chi connectivity index (χ4n) is 9.35. The van der Waals surface area contributed by atoms with Crippen molar-refractivity contribution in [3.63, 3.8) is 0 Å². The number of likely N-dealkylation sites (tertiary alicyclic amines) is 1. The Morgan fingerprint density at radius 3 is 2.40 bits per heavy atom. The maximum Gasteiger partial charge on any atom is 0.272 e. The van der Waals surface area contributed by atoms with Gasteiger partial charge >= 0.3 is 0 Å². The zero-order valence-electron chi connectivity index (χ0n) is 35.3. The first-order valence-corrected chi connectivity index (χ1v) is 21.6. The quantitative estimate of drug-likeness (QED) is 0.137. The second kappa shape index (κ2) is 17.5. The number of carbonyl (C=O) groups excluding carboxylic acids is 6. The van der Waals surface area contributed by atoms with Crippen LogP contribution in [0.25, 0.3) is 33.3 Å². The molecule has 2 saturated heterocycles. The molecular weight excluding hydrogens is 803 g/mol. The monoisotopic (exact) mass is 851 g/mol. The zero-order chi connectivity index (χ0) is 43.8. The summed E-state index contributed by atoms with van der Waals surface area (Å²) in [5.41, 5.74) is 5.62. The van der Waals surface area contributed by atoms with E-state index in [9.17, 15) is 28.8 Å². The minimum Gasteiger partial charge on any atom is -0.382 e. The van der Waals surface area contributed by atoms with Crippen LogP contribution in [-0.4, -0.2) is 122 Å². The SMILES string of the molecule is CNC(=O)CCC(C=O)N1C(=O)c2cccc(NC3CCN(C(=O)c4ccc(-c5cc6cccc(-c7nc(C8CCOCC8)n8c7CN(C(C)=O)CC8)c6cn5)cn4)CC3)c2C1=O. The van der Waals surface area contributed by atoms with Gasteiger partial charge in [-0.05, 0) is 67.8 Å². The van der Waals surface area contributed by atoms with Gasteiger partial charge < -0.3 is 34.5 Å². The predicted octanol–water partition coefficient (Wildman–Crippen LogP) is 4.82. The molecule has 16 heteroatoms. The van der Waals surface area contributed by atoms with E-state index in [1.807, 2.05) is 29.3 Å². The third kappa shape index (κ3) is 7.94. The molecule has 0 saturated carbocycles. The molecule has 0 spiro atoms. The molecule has 0 bridgehead atoms. The lowest BCUT2D eigenvalue weighted by atomic mass is 9.99. The fraction of sp³-hybridized carbons (Fsp3) is 0.383. The Kier molecular flexibility index (Phi) is 11.5. The smallest absolute Gasteiger partial charge is 0.272 e. The van der Waals surface area contributed by atoms with E-state index >= 15 is 0 Å². The van der Waals surface area contributed by atoms with Gasteiger partial charge in [-0.2, -0.15) is 0 Å². The number of benzene rings is 2. The number of hydrogen-bond acceptors (Lipinski definition) is 11. The number of pyridine rings is 2. The molecular formula is C47H49N9O7. The third-order valence-corrected chi connectivity index (χ3v) is 12.9. The van der Waals surface area contributed by atoms with Crippen molar-refractivity contribution >= 4 is 52.3 Å². The van der Waals surface area contributed by atoms with Crippen molar-refractivity contribution in [2.45, 2.75) is 76.5 Å². The lowest BCUT2D eigenvalue weighted by Crippen LogP contribution is -2.43. The molecule has 5 amide bonds. The topological polar surface area (TPSA) is 189 Å². The number of fused-ring (bicyclic) bond motifs is 3. The molecule has 2 fully saturated rings. The summed E-state index contributed by atoms with van der Waals surface area (Å²) in [6, 6.07) is 15.6. The maximum absolute atomic E-state index is 13.6. The van der Waals surface area contributed by atoms with E-state index in [-0.39, 0.29) is 47.7 Å². The van der Waals surface area contributed by atoms with E-state index in [2.05, 4.69) is 32.3 Å². The van der Waals surface area contributed by atoms with Gasteiger partial charge in [-0.15, -0.1) is 0 Å². The average molecular weight is 852 g/mol. The molecule has 1 unspecified atom stereocenters. The third-order valence-electron chi connectivity index (χ3n) is 12.9. The number of aldehydes is 1. The number of aromatic nitrogens is 4. The van der Waals surface area contributed by atoms with Gasteiger partial charge in [0.1, 0.15) is 17.8 Å². The number of imidazole rings is 1. The summed E-state index contributed by atoms with van der Waals surface area (Å²) in [5, 5.41) is 7.85. The molecule has 1 atom stereocenters. The zero-order valence-corrected chi connectivity index (χ0v) is 35.3. The second-order valence-electron chi connectivity index (χ2n) is 16.6. The fourth-order valence-corrected chi connectivity index (χ4v) is 9.35. The number of piperidine rings is 1. The van der Waals surface area contributed by atoms with Gasteiger partial charge in [0.2, 0.25) is 11.8 Å². The Bertz CT molecular complexity index is 2630. The van der Waals surface area contributed by atoms with Gasteiger partial charge in [0.15, 0.2) is 0 Å². The number of ether oxygens (including phenoxy) is 1. The van der Waals surface area contributed by atoms with Crippen molar-refractivity contribution < 1.29 is 33.5 Å². The van der Waals surface area contributed by atoms with Crippen molar-refractivity contribution in [1.29, 1.82) is 0 Å². The Balaban J connectivity index is 0.865. The van der Waals surface area contributed by atoms with E-state index < -0.39 is 17.9 Å². The van der Waals surface area contributed by atoms with Crippen molar-refractivity contribution in [2.75, 3.05) is 45.2 Å². The number of hydrogen-bond donors (Lipinski definition) is 2. The number of rotatable bonds is 11. The molecule has 9 rings (SSSR count). The van der Waals surface area contributed by atoms with E-state index in [4.69, 9.17) is 14.7 Å². The molecule has 4 aliphatic rings. The Morgan fingerprint density at radius 1 is 0.889 bits per heavy atom. The molecule has 5 aromatic rings. The normalized spacial score (nSPS) is 17.4. The summed E-state index contributed by atoms with van der Waals surface area (Å²) in [6.45, 7) is 5.83. The van der Waals surface area contributed by atoms with Gasteiger partial charge in [0.05, 0.1) is 40.8 Å². The summed E-state index contributed by atoms with van der Waals surface area (Å²) in [5.74, 6) is -0.197. The summed E-state index contributed by atoms with van der Waals surface area (Å²) in [4.78, 5) is 96.0. The van der Waals surface area contributed by atoms with Crippen LogP contribution in [0.4, 0.5) is 5.69 Å². The molecule has 2 N–H and O–H groups in total.